The topological polar surface area (TPSA) is 67.8 Å². The SMILES string of the molecule is Cc1nnsc1C(=O)Nc1ccc(F)nc1. The highest BCUT2D eigenvalue weighted by molar-refractivity contribution is 7.08. The molecule has 0 aliphatic rings. The van der Waals surface area contributed by atoms with E-state index in [9.17, 15) is 9.18 Å². The first-order valence-corrected chi connectivity index (χ1v) is 5.16. The number of aryl methyl sites for hydroxylation is 1. The molecule has 7 heteroatoms. The fourth-order valence-corrected chi connectivity index (χ4v) is 1.63. The molecule has 0 spiro atoms. The molecule has 0 aliphatic carbocycles. The summed E-state index contributed by atoms with van der Waals surface area (Å²) < 4.78 is 16.2. The summed E-state index contributed by atoms with van der Waals surface area (Å²) in [6, 6.07) is 2.61. The summed E-state index contributed by atoms with van der Waals surface area (Å²) in [5.41, 5.74) is 0.997. The van der Waals surface area contributed by atoms with Crippen LogP contribution in [0, 0.1) is 12.9 Å². The van der Waals surface area contributed by atoms with Gasteiger partial charge in [0.05, 0.1) is 17.6 Å². The Morgan fingerprint density at radius 3 is 2.88 bits per heavy atom. The standard InChI is InChI=1S/C9H7FN4OS/c1-5-8(16-14-13-5)9(15)12-6-2-3-7(10)11-4-6/h2-4H,1H3,(H,12,15). The quantitative estimate of drug-likeness (QED) is 0.807. The normalized spacial score (nSPS) is 10.1. The van der Waals surface area contributed by atoms with E-state index in [1.54, 1.807) is 6.92 Å². The molecule has 2 aromatic rings. The lowest BCUT2D eigenvalue weighted by Crippen LogP contribution is -2.11. The van der Waals surface area contributed by atoms with Gasteiger partial charge in [-0.25, -0.2) is 4.98 Å². The highest BCUT2D eigenvalue weighted by Gasteiger charge is 2.13. The molecule has 2 rings (SSSR count). The van der Waals surface area contributed by atoms with E-state index in [1.165, 1.54) is 18.3 Å². The van der Waals surface area contributed by atoms with Crippen LogP contribution in [-0.4, -0.2) is 20.5 Å². The summed E-state index contributed by atoms with van der Waals surface area (Å²) in [6.45, 7) is 1.70. The Kier molecular flexibility index (Phi) is 2.86. The van der Waals surface area contributed by atoms with Gasteiger partial charge in [-0.2, -0.15) is 4.39 Å². The molecule has 5 nitrogen and oxygen atoms in total. The summed E-state index contributed by atoms with van der Waals surface area (Å²) in [7, 11) is 0. The molecule has 0 bridgehead atoms. The Bertz CT molecular complexity index is 510. The van der Waals surface area contributed by atoms with E-state index in [-0.39, 0.29) is 5.91 Å². The highest BCUT2D eigenvalue weighted by atomic mass is 32.1. The lowest BCUT2D eigenvalue weighted by atomic mass is 10.3. The minimum atomic E-state index is -0.589. The molecule has 0 unspecified atom stereocenters. The van der Waals surface area contributed by atoms with Crippen molar-refractivity contribution in [1.82, 2.24) is 14.6 Å². The highest BCUT2D eigenvalue weighted by Crippen LogP contribution is 2.12. The van der Waals surface area contributed by atoms with Gasteiger partial charge >= 0.3 is 0 Å². The van der Waals surface area contributed by atoms with Crippen LogP contribution in [0.5, 0.6) is 0 Å². The van der Waals surface area contributed by atoms with Crippen LogP contribution in [0.1, 0.15) is 15.4 Å². The number of halogens is 1. The third kappa shape index (κ3) is 2.19. The van der Waals surface area contributed by atoms with Crippen LogP contribution in [0.15, 0.2) is 18.3 Å². The van der Waals surface area contributed by atoms with Crippen LogP contribution in [0.25, 0.3) is 0 Å². The molecule has 0 saturated heterocycles. The van der Waals surface area contributed by atoms with Gasteiger partial charge in [0.1, 0.15) is 4.88 Å². The Morgan fingerprint density at radius 2 is 2.31 bits per heavy atom. The molecule has 2 heterocycles. The van der Waals surface area contributed by atoms with Gasteiger partial charge in [0.25, 0.3) is 5.91 Å². The van der Waals surface area contributed by atoms with Crippen LogP contribution >= 0.6 is 11.5 Å². The van der Waals surface area contributed by atoms with Gasteiger partial charge < -0.3 is 5.32 Å². The average Bonchev–Trinajstić information content (AvgIpc) is 2.68. The molecular weight excluding hydrogens is 231 g/mol. The number of aromatic nitrogens is 3. The summed E-state index contributed by atoms with van der Waals surface area (Å²) in [4.78, 5) is 15.5. The number of hydrogen-bond donors (Lipinski definition) is 1. The first-order valence-electron chi connectivity index (χ1n) is 4.38. The smallest absolute Gasteiger partial charge is 0.269 e. The van der Waals surface area contributed by atoms with Gasteiger partial charge in [-0.15, -0.1) is 5.10 Å². The minimum absolute atomic E-state index is 0.319. The van der Waals surface area contributed by atoms with Crippen LogP contribution in [-0.2, 0) is 0 Å². The van der Waals surface area contributed by atoms with Crippen molar-refractivity contribution >= 4 is 23.1 Å². The number of carbonyl (C=O) groups excluding carboxylic acids is 1. The van der Waals surface area contributed by atoms with Crippen molar-refractivity contribution in [1.29, 1.82) is 0 Å². The molecule has 0 aliphatic heterocycles. The van der Waals surface area contributed by atoms with E-state index in [0.29, 0.717) is 16.3 Å². The lowest BCUT2D eigenvalue weighted by Gasteiger charge is -2.02. The van der Waals surface area contributed by atoms with Crippen molar-refractivity contribution in [2.24, 2.45) is 0 Å². The molecule has 0 fully saturated rings. The predicted octanol–water partition coefficient (Wildman–Crippen LogP) is 1.63. The van der Waals surface area contributed by atoms with Gasteiger partial charge in [0.15, 0.2) is 0 Å². The number of hydrogen-bond acceptors (Lipinski definition) is 5. The van der Waals surface area contributed by atoms with Crippen molar-refractivity contribution in [2.75, 3.05) is 5.32 Å². The van der Waals surface area contributed by atoms with E-state index in [4.69, 9.17) is 0 Å². The van der Waals surface area contributed by atoms with Gasteiger partial charge in [0, 0.05) is 0 Å². The third-order valence-electron chi connectivity index (χ3n) is 1.84. The van der Waals surface area contributed by atoms with Gasteiger partial charge in [-0.05, 0) is 30.6 Å². The second-order valence-electron chi connectivity index (χ2n) is 3.01. The Labute approximate surface area is 94.5 Å². The molecule has 0 atom stereocenters. The maximum atomic E-state index is 12.5. The predicted molar refractivity (Wildman–Crippen MR) is 56.8 cm³/mol. The molecule has 16 heavy (non-hydrogen) atoms. The monoisotopic (exact) mass is 238 g/mol. The van der Waals surface area contributed by atoms with Crippen LogP contribution in [0.4, 0.5) is 10.1 Å². The summed E-state index contributed by atoms with van der Waals surface area (Å²) >= 11 is 1.01. The van der Waals surface area contributed by atoms with Crippen molar-refractivity contribution in [3.05, 3.63) is 34.8 Å². The molecular formula is C9H7FN4OS. The second-order valence-corrected chi connectivity index (χ2v) is 3.77. The van der Waals surface area contributed by atoms with E-state index < -0.39 is 5.95 Å². The van der Waals surface area contributed by atoms with Crippen LogP contribution in [0.3, 0.4) is 0 Å². The minimum Gasteiger partial charge on any atom is -0.320 e. The van der Waals surface area contributed by atoms with Crippen LogP contribution in [0.2, 0.25) is 0 Å². The second kappa shape index (κ2) is 4.31. The van der Waals surface area contributed by atoms with Crippen molar-refractivity contribution in [3.8, 4) is 0 Å². The van der Waals surface area contributed by atoms with E-state index >= 15 is 0 Å². The van der Waals surface area contributed by atoms with E-state index in [0.717, 1.165) is 11.5 Å². The number of carbonyl (C=O) groups is 1. The zero-order valence-corrected chi connectivity index (χ0v) is 9.08. The fourth-order valence-electron chi connectivity index (χ4n) is 1.08. The number of pyridine rings is 1. The Hall–Kier alpha value is -1.89. The zero-order chi connectivity index (χ0) is 11.5. The molecule has 2 aromatic heterocycles. The molecule has 0 aromatic carbocycles. The van der Waals surface area contributed by atoms with Crippen molar-refractivity contribution < 1.29 is 9.18 Å². The number of amides is 1. The average molecular weight is 238 g/mol. The van der Waals surface area contributed by atoms with Gasteiger partial charge in [-0.1, -0.05) is 4.49 Å². The maximum Gasteiger partial charge on any atom is 0.269 e. The van der Waals surface area contributed by atoms with Gasteiger partial charge in [0.2, 0.25) is 5.95 Å². The summed E-state index contributed by atoms with van der Waals surface area (Å²) in [5.74, 6) is -0.908. The number of anilines is 1. The van der Waals surface area contributed by atoms with Gasteiger partial charge in [-0.3, -0.25) is 4.79 Å². The summed E-state index contributed by atoms with van der Waals surface area (Å²) in [6.07, 6.45) is 1.25. The van der Waals surface area contributed by atoms with Crippen molar-refractivity contribution in [3.63, 3.8) is 0 Å². The molecule has 0 saturated carbocycles. The first-order chi connectivity index (χ1) is 7.66. The number of nitrogens with zero attached hydrogens (tertiary/aromatic N) is 3. The molecule has 1 N–H and O–H groups in total. The largest absolute Gasteiger partial charge is 0.320 e. The fraction of sp³-hybridized carbons (Fsp3) is 0.111. The Balaban J connectivity index is 2.14. The van der Waals surface area contributed by atoms with Crippen LogP contribution < -0.4 is 5.32 Å². The number of rotatable bonds is 2. The Morgan fingerprint density at radius 1 is 1.50 bits per heavy atom. The van der Waals surface area contributed by atoms with E-state index in [2.05, 4.69) is 19.9 Å². The summed E-state index contributed by atoms with van der Waals surface area (Å²) in [5, 5.41) is 6.30. The molecule has 1 amide bonds. The maximum absolute atomic E-state index is 12.5. The molecule has 82 valence electrons. The third-order valence-corrected chi connectivity index (χ3v) is 2.67. The first kappa shape index (κ1) is 10.6. The lowest BCUT2D eigenvalue weighted by molar-refractivity contribution is 0.102. The molecule has 0 radical (unpaired) electrons. The number of nitrogens with one attached hydrogen (secondary N) is 1. The van der Waals surface area contributed by atoms with Crippen molar-refractivity contribution in [2.45, 2.75) is 6.92 Å². The zero-order valence-electron chi connectivity index (χ0n) is 8.27. The van der Waals surface area contributed by atoms with E-state index in [1.807, 2.05) is 0 Å².